The zero-order valence-corrected chi connectivity index (χ0v) is 19.7. The van der Waals surface area contributed by atoms with Crippen molar-refractivity contribution in [2.45, 2.75) is 26.4 Å². The van der Waals surface area contributed by atoms with E-state index >= 15 is 0 Å². The fraction of sp³-hybridized carbons (Fsp3) is 0.562. The van der Waals surface area contributed by atoms with Gasteiger partial charge in [-0.1, -0.05) is 23.2 Å². The summed E-state index contributed by atoms with van der Waals surface area (Å²) in [7, 11) is 1.67. The molecular weight excluding hydrogens is 506 g/mol. The summed E-state index contributed by atoms with van der Waals surface area (Å²) < 4.78 is 5.15. The number of carbonyl (C=O) groups excluding carboxylic acids is 1. The molecule has 4 N–H and O–H groups in total. The van der Waals surface area contributed by atoms with Crippen molar-refractivity contribution in [3.8, 4) is 0 Å². The number of nitrogens with one attached hydrogen (secondary N) is 4. The second-order valence-corrected chi connectivity index (χ2v) is 7.11. The van der Waals surface area contributed by atoms with E-state index in [0.29, 0.717) is 48.0 Å². The Morgan fingerprint density at radius 2 is 1.74 bits per heavy atom. The molecule has 0 radical (unpaired) electrons. The number of guanidine groups is 1. The molecule has 1 aromatic rings. The Labute approximate surface area is 187 Å². The second kappa shape index (κ2) is 13.1. The molecule has 0 fully saturated rings. The van der Waals surface area contributed by atoms with Gasteiger partial charge in [0.1, 0.15) is 11.4 Å². The van der Waals surface area contributed by atoms with Gasteiger partial charge in [-0.15, -0.1) is 24.0 Å². The van der Waals surface area contributed by atoms with Crippen LogP contribution in [-0.4, -0.2) is 55.9 Å². The molecule has 0 aromatic carbocycles. The van der Waals surface area contributed by atoms with Gasteiger partial charge in [-0.3, -0.25) is 4.99 Å². The monoisotopic (exact) mass is 532 g/mol. The van der Waals surface area contributed by atoms with Gasteiger partial charge in [-0.05, 0) is 26.8 Å². The van der Waals surface area contributed by atoms with Gasteiger partial charge in [0.25, 0.3) is 0 Å². The molecule has 0 saturated carbocycles. The number of ether oxygens (including phenoxy) is 1. The molecule has 1 rings (SSSR count). The Morgan fingerprint density at radius 3 is 2.30 bits per heavy atom. The third-order valence-electron chi connectivity index (χ3n) is 2.83. The van der Waals surface area contributed by atoms with Crippen molar-refractivity contribution in [2.75, 3.05) is 38.5 Å². The molecule has 154 valence electrons. The lowest BCUT2D eigenvalue weighted by Gasteiger charge is -2.20. The number of alkyl carbamates (subject to hydrolysis) is 1. The average Bonchev–Trinajstić information content (AvgIpc) is 2.53. The van der Waals surface area contributed by atoms with Crippen molar-refractivity contribution >= 4 is 65.0 Å². The van der Waals surface area contributed by atoms with Crippen LogP contribution in [0.2, 0.25) is 10.0 Å². The number of rotatable bonds is 7. The molecule has 0 atom stereocenters. The molecule has 27 heavy (non-hydrogen) atoms. The van der Waals surface area contributed by atoms with Crippen LogP contribution in [0.15, 0.2) is 17.3 Å². The van der Waals surface area contributed by atoms with Crippen molar-refractivity contribution in [2.24, 2.45) is 4.99 Å². The molecule has 0 saturated heterocycles. The summed E-state index contributed by atoms with van der Waals surface area (Å²) >= 11 is 11.8. The highest BCUT2D eigenvalue weighted by atomic mass is 127. The summed E-state index contributed by atoms with van der Waals surface area (Å²) in [6, 6.07) is 1.63. The molecule has 0 bridgehead atoms. The van der Waals surface area contributed by atoms with Crippen LogP contribution in [0.3, 0.4) is 0 Å². The lowest BCUT2D eigenvalue weighted by molar-refractivity contribution is 0.0529. The average molecular weight is 533 g/mol. The van der Waals surface area contributed by atoms with Gasteiger partial charge in [-0.2, -0.15) is 0 Å². The third-order valence-corrected chi connectivity index (χ3v) is 3.32. The quantitative estimate of drug-likeness (QED) is 0.186. The number of nitrogens with zero attached hydrogens (tertiary/aromatic N) is 2. The summed E-state index contributed by atoms with van der Waals surface area (Å²) in [5.74, 6) is 1.19. The van der Waals surface area contributed by atoms with Crippen LogP contribution < -0.4 is 21.3 Å². The highest BCUT2D eigenvalue weighted by Gasteiger charge is 2.15. The second-order valence-electron chi connectivity index (χ2n) is 6.27. The van der Waals surface area contributed by atoms with Crippen LogP contribution in [0.1, 0.15) is 20.8 Å². The number of anilines is 1. The normalized spacial score (nSPS) is 11.3. The molecule has 1 heterocycles. The number of hydrogen-bond acceptors (Lipinski definition) is 5. The first-order chi connectivity index (χ1) is 12.2. The number of pyridine rings is 1. The minimum atomic E-state index is -0.510. The highest BCUT2D eigenvalue weighted by Crippen LogP contribution is 2.21. The topological polar surface area (TPSA) is 99.7 Å². The van der Waals surface area contributed by atoms with E-state index in [1.165, 1.54) is 6.20 Å². The summed E-state index contributed by atoms with van der Waals surface area (Å²) in [6.45, 7) is 7.56. The van der Waals surface area contributed by atoms with Crippen LogP contribution in [0.5, 0.6) is 0 Å². The van der Waals surface area contributed by atoms with Gasteiger partial charge in [0, 0.05) is 39.4 Å². The molecule has 0 aliphatic rings. The lowest BCUT2D eigenvalue weighted by Crippen LogP contribution is -2.43. The molecule has 8 nitrogen and oxygen atoms in total. The van der Waals surface area contributed by atoms with Crippen molar-refractivity contribution < 1.29 is 9.53 Å². The highest BCUT2D eigenvalue weighted by molar-refractivity contribution is 14.0. The van der Waals surface area contributed by atoms with Crippen LogP contribution in [0.4, 0.5) is 10.6 Å². The number of halogens is 3. The van der Waals surface area contributed by atoms with E-state index in [1.807, 2.05) is 20.8 Å². The first kappa shape index (κ1) is 25.8. The van der Waals surface area contributed by atoms with E-state index in [0.717, 1.165) is 0 Å². The predicted molar refractivity (Wildman–Crippen MR) is 122 cm³/mol. The summed E-state index contributed by atoms with van der Waals surface area (Å²) in [6.07, 6.45) is 1.08. The minimum Gasteiger partial charge on any atom is -0.444 e. The fourth-order valence-electron chi connectivity index (χ4n) is 1.79. The third kappa shape index (κ3) is 12.0. The van der Waals surface area contributed by atoms with Crippen LogP contribution >= 0.6 is 47.2 Å². The van der Waals surface area contributed by atoms with E-state index < -0.39 is 11.7 Å². The van der Waals surface area contributed by atoms with Gasteiger partial charge in [0.15, 0.2) is 5.96 Å². The number of amides is 1. The van der Waals surface area contributed by atoms with E-state index in [-0.39, 0.29) is 24.0 Å². The fourth-order valence-corrected chi connectivity index (χ4v) is 2.23. The van der Waals surface area contributed by atoms with Crippen molar-refractivity contribution in [1.29, 1.82) is 0 Å². The maximum Gasteiger partial charge on any atom is 0.407 e. The van der Waals surface area contributed by atoms with Gasteiger partial charge < -0.3 is 26.0 Å². The number of aromatic nitrogens is 1. The largest absolute Gasteiger partial charge is 0.444 e. The Balaban J connectivity index is 0.00000676. The first-order valence-electron chi connectivity index (χ1n) is 8.17. The predicted octanol–water partition coefficient (Wildman–Crippen LogP) is 3.11. The Hall–Kier alpha value is -1.20. The molecule has 0 spiro atoms. The standard InChI is InChI=1S/C16H26Cl2N6O2.HI/c1-16(2,3)26-15(25)23-8-7-22-14(19-4)21-6-5-20-13-12(18)9-11(17)10-24-13;/h9-10H,5-8H2,1-4H3,(H,20,24)(H,23,25)(H2,19,21,22);1H. The molecule has 11 heteroatoms. The Bertz CT molecular complexity index is 625. The SMILES string of the molecule is CN=C(NCCNC(=O)OC(C)(C)C)NCCNc1ncc(Cl)cc1Cl.I. The van der Waals surface area contributed by atoms with Crippen LogP contribution in [-0.2, 0) is 4.74 Å². The summed E-state index contributed by atoms with van der Waals surface area (Å²) in [5.41, 5.74) is -0.510. The van der Waals surface area contributed by atoms with Crippen molar-refractivity contribution in [3.05, 3.63) is 22.3 Å². The number of carbonyl (C=O) groups is 1. The molecule has 0 unspecified atom stereocenters. The Kier molecular flexibility index (Phi) is 12.5. The van der Waals surface area contributed by atoms with Gasteiger partial charge >= 0.3 is 6.09 Å². The number of aliphatic imine (C=N–C) groups is 1. The summed E-state index contributed by atoms with van der Waals surface area (Å²) in [4.78, 5) is 19.7. The van der Waals surface area contributed by atoms with Gasteiger partial charge in [0.2, 0.25) is 0 Å². The Morgan fingerprint density at radius 1 is 1.15 bits per heavy atom. The smallest absolute Gasteiger partial charge is 0.407 e. The first-order valence-corrected chi connectivity index (χ1v) is 8.93. The minimum absolute atomic E-state index is 0. The molecule has 0 aliphatic carbocycles. The van der Waals surface area contributed by atoms with E-state index in [2.05, 4.69) is 31.2 Å². The van der Waals surface area contributed by atoms with Crippen molar-refractivity contribution in [1.82, 2.24) is 20.9 Å². The van der Waals surface area contributed by atoms with Crippen molar-refractivity contribution in [3.63, 3.8) is 0 Å². The van der Waals surface area contributed by atoms with Crippen LogP contribution in [0, 0.1) is 0 Å². The van der Waals surface area contributed by atoms with E-state index in [4.69, 9.17) is 27.9 Å². The van der Waals surface area contributed by atoms with E-state index in [9.17, 15) is 4.79 Å². The van der Waals surface area contributed by atoms with Gasteiger partial charge in [-0.25, -0.2) is 9.78 Å². The molecule has 1 aromatic heterocycles. The van der Waals surface area contributed by atoms with Gasteiger partial charge in [0.05, 0.1) is 10.0 Å². The zero-order valence-electron chi connectivity index (χ0n) is 15.9. The molecule has 0 aliphatic heterocycles. The van der Waals surface area contributed by atoms with Crippen LogP contribution in [0.25, 0.3) is 0 Å². The summed E-state index contributed by atoms with van der Waals surface area (Å²) in [5, 5.41) is 12.9. The lowest BCUT2D eigenvalue weighted by atomic mass is 10.2. The molecule has 1 amide bonds. The maximum atomic E-state index is 11.5. The van der Waals surface area contributed by atoms with E-state index in [1.54, 1.807) is 13.1 Å². The molecular formula is C16H27Cl2IN6O2. The number of hydrogen-bond donors (Lipinski definition) is 4. The maximum absolute atomic E-state index is 11.5. The zero-order chi connectivity index (χ0) is 19.6.